The number of rotatable bonds is 5. The van der Waals surface area contributed by atoms with Crippen LogP contribution in [0, 0.1) is 5.92 Å². The predicted molar refractivity (Wildman–Crippen MR) is 121 cm³/mol. The monoisotopic (exact) mass is 435 g/mol. The highest BCUT2D eigenvalue weighted by Crippen LogP contribution is 2.40. The Morgan fingerprint density at radius 2 is 1.72 bits per heavy atom. The zero-order valence-corrected chi connectivity index (χ0v) is 18.3. The van der Waals surface area contributed by atoms with E-state index < -0.39 is 12.1 Å². The van der Waals surface area contributed by atoms with E-state index in [1.54, 1.807) is 12.1 Å². The lowest BCUT2D eigenvalue weighted by Gasteiger charge is -2.33. The van der Waals surface area contributed by atoms with Crippen molar-refractivity contribution in [2.24, 2.45) is 5.92 Å². The van der Waals surface area contributed by atoms with Crippen molar-refractivity contribution in [1.29, 1.82) is 0 Å². The minimum Gasteiger partial charge on any atom is -0.453 e. The Hall–Kier alpha value is -3.35. The van der Waals surface area contributed by atoms with Crippen molar-refractivity contribution in [3.63, 3.8) is 0 Å². The van der Waals surface area contributed by atoms with Crippen LogP contribution < -0.4 is 10.6 Å². The molecular formula is C25H29N3O4. The summed E-state index contributed by atoms with van der Waals surface area (Å²) in [4.78, 5) is 39.7. The van der Waals surface area contributed by atoms with E-state index in [0.717, 1.165) is 37.7 Å². The van der Waals surface area contributed by atoms with Crippen LogP contribution in [0.1, 0.15) is 48.0 Å². The number of benzene rings is 2. The van der Waals surface area contributed by atoms with Gasteiger partial charge in [-0.1, -0.05) is 43.2 Å². The van der Waals surface area contributed by atoms with Gasteiger partial charge in [-0.3, -0.25) is 14.9 Å². The Morgan fingerprint density at radius 3 is 2.44 bits per heavy atom. The van der Waals surface area contributed by atoms with Crippen molar-refractivity contribution in [3.05, 3.63) is 65.7 Å². The van der Waals surface area contributed by atoms with Gasteiger partial charge in [-0.05, 0) is 55.0 Å². The quantitative estimate of drug-likeness (QED) is 0.744. The Morgan fingerprint density at radius 1 is 1.00 bits per heavy atom. The van der Waals surface area contributed by atoms with Gasteiger partial charge < -0.3 is 15.0 Å². The molecular weight excluding hydrogens is 406 g/mol. The van der Waals surface area contributed by atoms with Gasteiger partial charge in [0, 0.05) is 23.8 Å². The van der Waals surface area contributed by atoms with E-state index in [1.165, 1.54) is 7.11 Å². The first-order chi connectivity index (χ1) is 15.6. The molecule has 3 atom stereocenters. The van der Waals surface area contributed by atoms with Gasteiger partial charge in [0.25, 0.3) is 5.91 Å². The van der Waals surface area contributed by atoms with E-state index in [9.17, 15) is 14.4 Å². The van der Waals surface area contributed by atoms with Crippen molar-refractivity contribution in [1.82, 2.24) is 10.2 Å². The van der Waals surface area contributed by atoms with E-state index >= 15 is 0 Å². The molecule has 1 aliphatic carbocycles. The van der Waals surface area contributed by atoms with Gasteiger partial charge in [0.15, 0.2) is 0 Å². The van der Waals surface area contributed by atoms with Crippen molar-refractivity contribution in [2.75, 3.05) is 12.4 Å². The molecule has 2 aromatic rings. The number of hydrogen-bond acceptors (Lipinski definition) is 4. The third-order valence-electron chi connectivity index (χ3n) is 6.50. The van der Waals surface area contributed by atoms with Crippen LogP contribution >= 0.6 is 0 Å². The van der Waals surface area contributed by atoms with E-state index in [0.29, 0.717) is 23.7 Å². The smallest absolute Gasteiger partial charge is 0.411 e. The standard InChI is InChI=1S/C25H29N3O4/c1-32-25(31)27-20-13-11-17(12-14-20)16-26-23(29)22-15-19-9-5-6-10-21(19)28(22)24(30)18-7-3-2-4-8-18/h2-4,7-8,11-14,19,21-22H,5-6,9-10,15-16H2,1H3,(H,26,29)(H,27,31). The highest BCUT2D eigenvalue weighted by atomic mass is 16.5. The van der Waals surface area contributed by atoms with Gasteiger partial charge in [-0.2, -0.15) is 0 Å². The lowest BCUT2D eigenvalue weighted by molar-refractivity contribution is -0.125. The third kappa shape index (κ3) is 4.77. The van der Waals surface area contributed by atoms with E-state index in [-0.39, 0.29) is 17.9 Å². The highest BCUT2D eigenvalue weighted by molar-refractivity contribution is 5.98. The van der Waals surface area contributed by atoms with Gasteiger partial charge in [-0.15, -0.1) is 0 Å². The summed E-state index contributed by atoms with van der Waals surface area (Å²) in [5, 5.41) is 5.61. The van der Waals surface area contributed by atoms with Crippen LogP contribution in [0.15, 0.2) is 54.6 Å². The highest BCUT2D eigenvalue weighted by Gasteiger charge is 2.47. The van der Waals surface area contributed by atoms with Gasteiger partial charge in [0.2, 0.25) is 5.91 Å². The fourth-order valence-electron chi connectivity index (χ4n) is 4.90. The molecule has 0 radical (unpaired) electrons. The average Bonchev–Trinajstić information content (AvgIpc) is 3.23. The van der Waals surface area contributed by atoms with Crippen LogP contribution in [0.4, 0.5) is 10.5 Å². The molecule has 1 aliphatic heterocycles. The number of anilines is 1. The minimum absolute atomic E-state index is 0.0570. The maximum Gasteiger partial charge on any atom is 0.411 e. The number of carbonyl (C=O) groups is 3. The second-order valence-corrected chi connectivity index (χ2v) is 8.47. The maximum absolute atomic E-state index is 13.3. The lowest BCUT2D eigenvalue weighted by atomic mass is 9.84. The second-order valence-electron chi connectivity index (χ2n) is 8.47. The first kappa shape index (κ1) is 21.9. The molecule has 2 aromatic carbocycles. The molecule has 3 amide bonds. The molecule has 3 unspecified atom stereocenters. The van der Waals surface area contributed by atoms with Crippen LogP contribution in [0.25, 0.3) is 0 Å². The molecule has 2 aliphatic rings. The molecule has 0 spiro atoms. The molecule has 1 saturated heterocycles. The van der Waals surface area contributed by atoms with Crippen LogP contribution in [-0.4, -0.2) is 42.0 Å². The first-order valence-electron chi connectivity index (χ1n) is 11.2. The summed E-state index contributed by atoms with van der Waals surface area (Å²) >= 11 is 0. The molecule has 0 bridgehead atoms. The summed E-state index contributed by atoms with van der Waals surface area (Å²) in [5.41, 5.74) is 2.15. The fraction of sp³-hybridized carbons (Fsp3) is 0.400. The number of methoxy groups -OCH3 is 1. The number of amides is 3. The Bertz CT molecular complexity index is 961. The van der Waals surface area contributed by atoms with Crippen LogP contribution in [0.5, 0.6) is 0 Å². The Labute approximate surface area is 188 Å². The van der Waals surface area contributed by atoms with Gasteiger partial charge in [-0.25, -0.2) is 4.79 Å². The largest absolute Gasteiger partial charge is 0.453 e. The Kier molecular flexibility index (Phi) is 6.73. The van der Waals surface area contributed by atoms with Crippen LogP contribution in [-0.2, 0) is 16.1 Å². The topological polar surface area (TPSA) is 87.7 Å². The van der Waals surface area contributed by atoms with E-state index in [4.69, 9.17) is 0 Å². The molecule has 7 nitrogen and oxygen atoms in total. The van der Waals surface area contributed by atoms with Gasteiger partial charge in [0.1, 0.15) is 6.04 Å². The Balaban J connectivity index is 1.44. The summed E-state index contributed by atoms with van der Waals surface area (Å²) in [7, 11) is 1.31. The number of nitrogens with one attached hydrogen (secondary N) is 2. The minimum atomic E-state index is -0.531. The first-order valence-corrected chi connectivity index (χ1v) is 11.2. The van der Waals surface area contributed by atoms with Crippen molar-refractivity contribution in [3.8, 4) is 0 Å². The van der Waals surface area contributed by atoms with E-state index in [2.05, 4.69) is 15.4 Å². The number of ether oxygens (including phenoxy) is 1. The van der Waals surface area contributed by atoms with Crippen molar-refractivity contribution in [2.45, 2.75) is 50.7 Å². The molecule has 32 heavy (non-hydrogen) atoms. The molecule has 1 saturated carbocycles. The number of nitrogens with zero attached hydrogens (tertiary/aromatic N) is 1. The summed E-state index contributed by atoms with van der Waals surface area (Å²) in [6, 6.07) is 16.1. The lowest BCUT2D eigenvalue weighted by Crippen LogP contribution is -2.49. The SMILES string of the molecule is COC(=O)Nc1ccc(CNC(=O)C2CC3CCCCC3N2C(=O)c2ccccc2)cc1. The predicted octanol–water partition coefficient (Wildman–Crippen LogP) is 3.95. The molecule has 2 fully saturated rings. The average molecular weight is 436 g/mol. The summed E-state index contributed by atoms with van der Waals surface area (Å²) < 4.78 is 4.58. The normalized spacial score (nSPS) is 22.0. The number of hydrogen-bond donors (Lipinski definition) is 2. The number of likely N-dealkylation sites (tertiary alicyclic amines) is 1. The zero-order valence-electron chi connectivity index (χ0n) is 18.3. The zero-order chi connectivity index (χ0) is 22.5. The molecule has 2 N–H and O–H groups in total. The van der Waals surface area contributed by atoms with E-state index in [1.807, 2.05) is 47.4 Å². The number of fused-ring (bicyclic) bond motifs is 1. The third-order valence-corrected chi connectivity index (χ3v) is 6.50. The molecule has 4 rings (SSSR count). The van der Waals surface area contributed by atoms with Crippen LogP contribution in [0.3, 0.4) is 0 Å². The van der Waals surface area contributed by atoms with Crippen molar-refractivity contribution < 1.29 is 19.1 Å². The summed E-state index contributed by atoms with van der Waals surface area (Å²) in [6.45, 7) is 0.358. The second kappa shape index (κ2) is 9.85. The molecule has 7 heteroatoms. The molecule has 0 aromatic heterocycles. The van der Waals surface area contributed by atoms with Gasteiger partial charge >= 0.3 is 6.09 Å². The van der Waals surface area contributed by atoms with Gasteiger partial charge in [0.05, 0.1) is 7.11 Å². The maximum atomic E-state index is 13.3. The summed E-state index contributed by atoms with van der Waals surface area (Å²) in [5.74, 6) is 0.217. The summed E-state index contributed by atoms with van der Waals surface area (Å²) in [6.07, 6.45) is 4.48. The fourth-order valence-corrected chi connectivity index (χ4v) is 4.90. The molecule has 168 valence electrons. The van der Waals surface area contributed by atoms with Crippen LogP contribution in [0.2, 0.25) is 0 Å². The number of carbonyl (C=O) groups excluding carboxylic acids is 3. The van der Waals surface area contributed by atoms with Crippen molar-refractivity contribution >= 4 is 23.6 Å². The molecule has 1 heterocycles.